The second-order valence-corrected chi connectivity index (χ2v) is 10.5. The topological polar surface area (TPSA) is 53.1 Å². The highest BCUT2D eigenvalue weighted by Gasteiger charge is 2.49. The Morgan fingerprint density at radius 1 is 1.19 bits per heavy atom. The zero-order valence-electron chi connectivity index (χ0n) is 19.2. The first-order valence-electron chi connectivity index (χ1n) is 12.2. The van der Waals surface area contributed by atoms with E-state index in [1.165, 1.54) is 18.4 Å². The fourth-order valence-electron chi connectivity index (χ4n) is 6.85. The van der Waals surface area contributed by atoms with E-state index in [0.29, 0.717) is 24.6 Å². The molecule has 1 aromatic rings. The fraction of sp³-hybridized carbons (Fsp3) is 0.680. The third-order valence-electron chi connectivity index (χ3n) is 8.44. The summed E-state index contributed by atoms with van der Waals surface area (Å²) in [7, 11) is 0. The van der Waals surface area contributed by atoms with Crippen molar-refractivity contribution in [2.75, 3.05) is 37.7 Å². The molecule has 174 valence electrons. The van der Waals surface area contributed by atoms with Crippen molar-refractivity contribution in [1.29, 1.82) is 0 Å². The number of benzene rings is 1. The van der Waals surface area contributed by atoms with Gasteiger partial charge in [-0.3, -0.25) is 4.79 Å². The molecule has 3 unspecified atom stereocenters. The minimum absolute atomic E-state index is 0.00470. The Hall–Kier alpha value is -1.79. The summed E-state index contributed by atoms with van der Waals surface area (Å²) in [6.45, 7) is 7.62. The molecule has 3 atom stereocenters. The van der Waals surface area contributed by atoms with E-state index in [1.807, 2.05) is 28.9 Å². The molecule has 3 fully saturated rings. The van der Waals surface area contributed by atoms with Gasteiger partial charge in [-0.15, -0.1) is 0 Å². The number of ether oxygens (including phenoxy) is 1. The Balaban J connectivity index is 1.28. The van der Waals surface area contributed by atoms with Crippen molar-refractivity contribution in [3.63, 3.8) is 0 Å². The lowest BCUT2D eigenvalue weighted by molar-refractivity contribution is -0.116. The molecule has 3 heterocycles. The van der Waals surface area contributed by atoms with Crippen LogP contribution >= 0.6 is 11.6 Å². The molecule has 32 heavy (non-hydrogen) atoms. The Morgan fingerprint density at radius 2 is 1.97 bits per heavy atom. The van der Waals surface area contributed by atoms with Gasteiger partial charge in [0.15, 0.2) is 0 Å². The molecular weight excluding hydrogens is 426 g/mol. The number of rotatable bonds is 2. The summed E-state index contributed by atoms with van der Waals surface area (Å²) >= 11 is 6.36. The molecule has 0 N–H and O–H groups in total. The first-order chi connectivity index (χ1) is 15.4. The normalized spacial score (nSPS) is 29.2. The lowest BCUT2D eigenvalue weighted by Gasteiger charge is -2.42. The van der Waals surface area contributed by atoms with E-state index in [0.717, 1.165) is 62.6 Å². The van der Waals surface area contributed by atoms with Crippen LogP contribution in [0.15, 0.2) is 18.2 Å². The van der Waals surface area contributed by atoms with Gasteiger partial charge in [-0.2, -0.15) is 0 Å². The largest absolute Gasteiger partial charge is 0.450 e. The average molecular weight is 460 g/mol. The van der Waals surface area contributed by atoms with Gasteiger partial charge in [-0.05, 0) is 88.2 Å². The quantitative estimate of drug-likeness (QED) is 0.656. The van der Waals surface area contributed by atoms with Gasteiger partial charge >= 0.3 is 6.09 Å². The van der Waals surface area contributed by atoms with E-state index in [9.17, 15) is 9.59 Å². The monoisotopic (exact) mass is 459 g/mol. The summed E-state index contributed by atoms with van der Waals surface area (Å²) in [6, 6.07) is 6.83. The molecule has 0 bridgehead atoms. The number of nitrogens with zero attached hydrogens (tertiary/aromatic N) is 3. The van der Waals surface area contributed by atoms with Crippen molar-refractivity contribution in [2.45, 2.75) is 69.9 Å². The van der Waals surface area contributed by atoms with E-state index in [-0.39, 0.29) is 17.4 Å². The molecule has 6 nitrogen and oxygen atoms in total. The molecule has 3 aliphatic heterocycles. The highest BCUT2D eigenvalue weighted by atomic mass is 35.5. The Bertz CT molecular complexity index is 898. The second-order valence-electron chi connectivity index (χ2n) is 10.1. The molecule has 1 saturated carbocycles. The van der Waals surface area contributed by atoms with Gasteiger partial charge in [-0.25, -0.2) is 4.79 Å². The molecule has 2 amide bonds. The molecule has 4 aliphatic rings. The van der Waals surface area contributed by atoms with Crippen LogP contribution in [0, 0.1) is 5.92 Å². The second kappa shape index (κ2) is 8.53. The summed E-state index contributed by atoms with van der Waals surface area (Å²) in [6.07, 6.45) is 6.47. The molecule has 1 aliphatic carbocycles. The van der Waals surface area contributed by atoms with Crippen LogP contribution in [-0.4, -0.2) is 66.7 Å². The van der Waals surface area contributed by atoms with Gasteiger partial charge < -0.3 is 19.4 Å². The van der Waals surface area contributed by atoms with Crippen LogP contribution in [0.2, 0.25) is 5.02 Å². The number of hydrogen-bond acceptors (Lipinski definition) is 4. The van der Waals surface area contributed by atoms with Gasteiger partial charge in [0, 0.05) is 48.2 Å². The zero-order chi connectivity index (χ0) is 22.5. The maximum Gasteiger partial charge on any atom is 0.410 e. The van der Waals surface area contributed by atoms with Crippen molar-refractivity contribution in [3.05, 3.63) is 28.8 Å². The van der Waals surface area contributed by atoms with E-state index >= 15 is 0 Å². The molecule has 0 radical (unpaired) electrons. The highest BCUT2D eigenvalue weighted by molar-refractivity contribution is 6.30. The number of hydrogen-bond donors (Lipinski definition) is 0. The van der Waals surface area contributed by atoms with Gasteiger partial charge in [0.05, 0.1) is 6.61 Å². The summed E-state index contributed by atoms with van der Waals surface area (Å²) in [5, 5.41) is 0.745. The summed E-state index contributed by atoms with van der Waals surface area (Å²) in [5.41, 5.74) is 2.28. The number of piperidine rings is 2. The van der Waals surface area contributed by atoms with Crippen LogP contribution in [0.25, 0.3) is 0 Å². The third-order valence-corrected chi connectivity index (χ3v) is 8.68. The van der Waals surface area contributed by atoms with Crippen molar-refractivity contribution >= 4 is 29.3 Å². The first-order valence-corrected chi connectivity index (χ1v) is 12.6. The lowest BCUT2D eigenvalue weighted by atomic mass is 9.74. The summed E-state index contributed by atoms with van der Waals surface area (Å²) in [5.74, 6) is 0.695. The number of carbonyl (C=O) groups is 2. The van der Waals surface area contributed by atoms with Gasteiger partial charge in [0.1, 0.15) is 0 Å². The van der Waals surface area contributed by atoms with Crippen molar-refractivity contribution in [1.82, 2.24) is 9.80 Å². The Morgan fingerprint density at radius 3 is 2.69 bits per heavy atom. The van der Waals surface area contributed by atoms with E-state index in [1.54, 1.807) is 6.92 Å². The zero-order valence-corrected chi connectivity index (χ0v) is 19.9. The molecule has 7 heteroatoms. The average Bonchev–Trinajstić information content (AvgIpc) is 3.34. The maximum atomic E-state index is 12.5. The van der Waals surface area contributed by atoms with Gasteiger partial charge in [-0.1, -0.05) is 11.6 Å². The van der Waals surface area contributed by atoms with Crippen LogP contribution in [-0.2, 0) is 14.9 Å². The Kier molecular flexibility index (Phi) is 5.87. The third kappa shape index (κ3) is 3.69. The van der Waals surface area contributed by atoms with Crippen LogP contribution < -0.4 is 4.90 Å². The van der Waals surface area contributed by atoms with E-state index in [2.05, 4.69) is 11.0 Å². The number of carbonyl (C=O) groups excluding carboxylic acids is 2. The molecular formula is C25H34ClN3O3. The van der Waals surface area contributed by atoms with Crippen LogP contribution in [0.3, 0.4) is 0 Å². The predicted octanol–water partition coefficient (Wildman–Crippen LogP) is 4.44. The highest BCUT2D eigenvalue weighted by Crippen LogP contribution is 2.49. The number of halogens is 1. The minimum atomic E-state index is -0.135. The smallest absolute Gasteiger partial charge is 0.410 e. The van der Waals surface area contributed by atoms with Crippen LogP contribution in [0.4, 0.5) is 10.5 Å². The summed E-state index contributed by atoms with van der Waals surface area (Å²) in [4.78, 5) is 31.4. The number of fused-ring (bicyclic) bond motifs is 3. The van der Waals surface area contributed by atoms with Gasteiger partial charge in [0.25, 0.3) is 0 Å². The molecule has 0 aromatic heterocycles. The molecule has 2 saturated heterocycles. The van der Waals surface area contributed by atoms with Gasteiger partial charge in [0.2, 0.25) is 5.91 Å². The number of likely N-dealkylation sites (tertiary alicyclic amines) is 2. The van der Waals surface area contributed by atoms with Crippen molar-refractivity contribution < 1.29 is 14.3 Å². The fourth-order valence-corrected chi connectivity index (χ4v) is 7.03. The van der Waals surface area contributed by atoms with Crippen LogP contribution in [0.5, 0.6) is 0 Å². The van der Waals surface area contributed by atoms with Crippen molar-refractivity contribution in [3.8, 4) is 0 Å². The summed E-state index contributed by atoms with van der Waals surface area (Å²) < 4.78 is 5.34. The van der Waals surface area contributed by atoms with Crippen molar-refractivity contribution in [2.24, 2.45) is 5.92 Å². The SMILES string of the molecule is CCOC(=O)N1CCCC2CC(N3CCC4(CC3)CN(C(C)=O)c3ccc(Cl)cc34)CC21. The first kappa shape index (κ1) is 22.0. The molecule has 5 rings (SSSR count). The van der Waals surface area contributed by atoms with Crippen LogP contribution in [0.1, 0.15) is 57.9 Å². The molecule has 1 aromatic carbocycles. The number of anilines is 1. The standard InChI is InChI=1S/C25H34ClN3O3/c1-3-32-24(31)28-10-4-5-18-13-20(15-23(18)28)27-11-8-25(9-12-27)16-29(17(2)30)22-7-6-19(26)14-21(22)25/h6-7,14,18,20,23H,3-5,8-13,15-16H2,1-2H3. The predicted molar refractivity (Wildman–Crippen MR) is 125 cm³/mol. The van der Waals surface area contributed by atoms with E-state index in [4.69, 9.17) is 16.3 Å². The number of amides is 2. The lowest BCUT2D eigenvalue weighted by Crippen LogP contribution is -2.49. The molecule has 1 spiro atoms. The maximum absolute atomic E-state index is 12.5. The Labute approximate surface area is 195 Å². The minimum Gasteiger partial charge on any atom is -0.450 e. The van der Waals surface area contributed by atoms with E-state index < -0.39 is 0 Å².